The lowest BCUT2D eigenvalue weighted by Gasteiger charge is -2.26. The minimum absolute atomic E-state index is 0.0201. The van der Waals surface area contributed by atoms with Crippen LogP contribution >= 0.6 is 0 Å². The van der Waals surface area contributed by atoms with Gasteiger partial charge in [0.15, 0.2) is 6.61 Å². The maximum absolute atomic E-state index is 12.0. The molecule has 1 aromatic rings. The largest absolute Gasteiger partial charge is 0.484 e. The molecular weight excluding hydrogens is 306 g/mol. The number of carboxylic acids is 1. The summed E-state index contributed by atoms with van der Waals surface area (Å²) in [6.45, 7) is 6.42. The Morgan fingerprint density at radius 1 is 1.12 bits per heavy atom. The molecule has 0 aliphatic heterocycles. The lowest BCUT2D eigenvalue weighted by Crippen LogP contribution is -2.40. The first-order valence-electron chi connectivity index (χ1n) is 8.51. The molecule has 5 heteroatoms. The molecule has 0 spiro atoms. The topological polar surface area (TPSA) is 75.6 Å². The third kappa shape index (κ3) is 5.25. The van der Waals surface area contributed by atoms with E-state index in [1.165, 1.54) is 5.56 Å². The first kappa shape index (κ1) is 18.3. The number of carbonyl (C=O) groups excluding carboxylic acids is 1. The number of carboxylic acid groups (broad SMARTS) is 1. The van der Waals surface area contributed by atoms with Gasteiger partial charge in [-0.2, -0.15) is 0 Å². The minimum Gasteiger partial charge on any atom is -0.484 e. The van der Waals surface area contributed by atoms with Crippen molar-refractivity contribution in [1.29, 1.82) is 0 Å². The second-order valence-electron chi connectivity index (χ2n) is 7.52. The fraction of sp³-hybridized carbons (Fsp3) is 0.579. The Kier molecular flexibility index (Phi) is 5.86. The quantitative estimate of drug-likeness (QED) is 0.868. The van der Waals surface area contributed by atoms with Gasteiger partial charge in [0.1, 0.15) is 5.75 Å². The highest BCUT2D eigenvalue weighted by atomic mass is 16.5. The number of carbonyl (C=O) groups is 2. The van der Waals surface area contributed by atoms with Crippen molar-refractivity contribution in [3.05, 3.63) is 29.8 Å². The molecular formula is C19H27NO4. The van der Waals surface area contributed by atoms with Crippen LogP contribution in [0, 0.1) is 5.92 Å². The number of hydrogen-bond acceptors (Lipinski definition) is 3. The van der Waals surface area contributed by atoms with Crippen LogP contribution in [0.25, 0.3) is 0 Å². The van der Waals surface area contributed by atoms with Crippen LogP contribution in [0.4, 0.5) is 0 Å². The molecule has 0 radical (unpaired) electrons. The fourth-order valence-electron chi connectivity index (χ4n) is 2.95. The zero-order valence-electron chi connectivity index (χ0n) is 14.7. The number of amides is 1. The molecule has 0 saturated heterocycles. The molecule has 2 rings (SSSR count). The third-order valence-corrected chi connectivity index (χ3v) is 4.53. The summed E-state index contributed by atoms with van der Waals surface area (Å²) in [5.41, 5.74) is 1.31. The minimum atomic E-state index is -0.734. The van der Waals surface area contributed by atoms with E-state index in [1.54, 1.807) is 0 Å². The number of hydrogen-bond donors (Lipinski definition) is 2. The van der Waals surface area contributed by atoms with Gasteiger partial charge in [-0.15, -0.1) is 0 Å². The van der Waals surface area contributed by atoms with Gasteiger partial charge in [0.25, 0.3) is 5.91 Å². The van der Waals surface area contributed by atoms with Crippen LogP contribution in [0.3, 0.4) is 0 Å². The molecule has 5 nitrogen and oxygen atoms in total. The van der Waals surface area contributed by atoms with Crippen molar-refractivity contribution in [2.24, 2.45) is 5.92 Å². The highest BCUT2D eigenvalue weighted by Gasteiger charge is 2.26. The summed E-state index contributed by atoms with van der Waals surface area (Å²) in [4.78, 5) is 22.9. The molecule has 1 fully saturated rings. The highest BCUT2D eigenvalue weighted by molar-refractivity contribution is 5.78. The summed E-state index contributed by atoms with van der Waals surface area (Å²) in [6.07, 6.45) is 2.66. The van der Waals surface area contributed by atoms with E-state index < -0.39 is 5.97 Å². The Balaban J connectivity index is 1.75. The van der Waals surface area contributed by atoms with Crippen molar-refractivity contribution >= 4 is 11.9 Å². The van der Waals surface area contributed by atoms with Gasteiger partial charge in [-0.1, -0.05) is 32.9 Å². The predicted molar refractivity (Wildman–Crippen MR) is 92.2 cm³/mol. The van der Waals surface area contributed by atoms with Crippen LogP contribution < -0.4 is 10.1 Å². The number of rotatable bonds is 5. The number of ether oxygens (including phenoxy) is 1. The third-order valence-electron chi connectivity index (χ3n) is 4.53. The molecule has 0 atom stereocenters. The molecule has 0 aromatic heterocycles. The molecule has 0 heterocycles. The summed E-state index contributed by atoms with van der Waals surface area (Å²) < 4.78 is 5.53. The van der Waals surface area contributed by atoms with E-state index in [9.17, 15) is 9.59 Å². The first-order chi connectivity index (χ1) is 11.3. The first-order valence-corrected chi connectivity index (χ1v) is 8.51. The average Bonchev–Trinajstić information content (AvgIpc) is 2.53. The second kappa shape index (κ2) is 7.69. The molecule has 1 aliphatic carbocycles. The van der Waals surface area contributed by atoms with Gasteiger partial charge in [0, 0.05) is 6.04 Å². The van der Waals surface area contributed by atoms with E-state index in [4.69, 9.17) is 9.84 Å². The Hall–Kier alpha value is -2.04. The van der Waals surface area contributed by atoms with Gasteiger partial charge in [0.05, 0.1) is 5.92 Å². The molecule has 24 heavy (non-hydrogen) atoms. The van der Waals surface area contributed by atoms with Crippen LogP contribution in [0.15, 0.2) is 24.3 Å². The Labute approximate surface area is 143 Å². The van der Waals surface area contributed by atoms with Crippen LogP contribution in [0.5, 0.6) is 5.75 Å². The summed E-state index contributed by atoms with van der Waals surface area (Å²) in [5, 5.41) is 11.9. The average molecular weight is 333 g/mol. The zero-order valence-corrected chi connectivity index (χ0v) is 14.7. The lowest BCUT2D eigenvalue weighted by atomic mass is 9.86. The lowest BCUT2D eigenvalue weighted by molar-refractivity contribution is -0.142. The zero-order chi connectivity index (χ0) is 17.7. The van der Waals surface area contributed by atoms with Crippen molar-refractivity contribution in [2.75, 3.05) is 6.61 Å². The summed E-state index contributed by atoms with van der Waals surface area (Å²) in [7, 11) is 0. The molecule has 1 amide bonds. The van der Waals surface area contributed by atoms with Gasteiger partial charge < -0.3 is 15.2 Å². The Morgan fingerprint density at radius 3 is 2.21 bits per heavy atom. The number of benzene rings is 1. The van der Waals surface area contributed by atoms with E-state index in [0.717, 1.165) is 0 Å². The van der Waals surface area contributed by atoms with Crippen LogP contribution in [-0.2, 0) is 15.0 Å². The van der Waals surface area contributed by atoms with Crippen molar-refractivity contribution in [3.63, 3.8) is 0 Å². The summed E-state index contributed by atoms with van der Waals surface area (Å²) in [5.74, 6) is -0.487. The van der Waals surface area contributed by atoms with Crippen molar-refractivity contribution in [1.82, 2.24) is 5.32 Å². The standard InChI is InChI=1S/C19H27NO4/c1-19(2,3)14-6-10-16(11-7-14)24-12-17(21)20-15-8-4-13(5-9-15)18(22)23/h6-7,10-11,13,15H,4-5,8-9,12H2,1-3H3,(H,20,21)(H,22,23). The molecule has 1 aromatic carbocycles. The van der Waals surface area contributed by atoms with Crippen LogP contribution in [0.2, 0.25) is 0 Å². The molecule has 2 N–H and O–H groups in total. The molecule has 0 unspecified atom stereocenters. The van der Waals surface area contributed by atoms with Gasteiger partial charge >= 0.3 is 5.97 Å². The fourth-order valence-corrected chi connectivity index (χ4v) is 2.95. The maximum Gasteiger partial charge on any atom is 0.306 e. The van der Waals surface area contributed by atoms with Crippen LogP contribution in [0.1, 0.15) is 52.0 Å². The van der Waals surface area contributed by atoms with E-state index in [0.29, 0.717) is 31.4 Å². The molecule has 1 aliphatic rings. The van der Waals surface area contributed by atoms with Gasteiger partial charge in [-0.25, -0.2) is 0 Å². The van der Waals surface area contributed by atoms with Crippen molar-refractivity contribution < 1.29 is 19.4 Å². The van der Waals surface area contributed by atoms with E-state index >= 15 is 0 Å². The maximum atomic E-state index is 12.0. The Bertz CT molecular complexity index is 566. The van der Waals surface area contributed by atoms with Gasteiger partial charge in [-0.05, 0) is 48.8 Å². The smallest absolute Gasteiger partial charge is 0.306 e. The highest BCUT2D eigenvalue weighted by Crippen LogP contribution is 2.25. The SMILES string of the molecule is CC(C)(C)c1ccc(OCC(=O)NC2CCC(C(=O)O)CC2)cc1. The number of aliphatic carboxylic acids is 1. The predicted octanol–water partition coefficient (Wildman–Crippen LogP) is 3.12. The van der Waals surface area contributed by atoms with Gasteiger partial charge in [-0.3, -0.25) is 9.59 Å². The number of nitrogens with one attached hydrogen (secondary N) is 1. The van der Waals surface area contributed by atoms with Crippen molar-refractivity contribution in [2.45, 2.75) is 57.9 Å². The molecule has 1 saturated carbocycles. The normalized spacial score (nSPS) is 21.1. The summed E-state index contributed by atoms with van der Waals surface area (Å²) >= 11 is 0. The summed E-state index contributed by atoms with van der Waals surface area (Å²) in [6, 6.07) is 7.85. The molecule has 0 bridgehead atoms. The van der Waals surface area contributed by atoms with E-state index in [2.05, 4.69) is 26.1 Å². The Morgan fingerprint density at radius 2 is 1.71 bits per heavy atom. The van der Waals surface area contributed by atoms with E-state index in [1.807, 2.05) is 24.3 Å². The van der Waals surface area contributed by atoms with E-state index in [-0.39, 0.29) is 29.9 Å². The molecule has 132 valence electrons. The van der Waals surface area contributed by atoms with Crippen molar-refractivity contribution in [3.8, 4) is 5.75 Å². The second-order valence-corrected chi connectivity index (χ2v) is 7.52. The monoisotopic (exact) mass is 333 g/mol. The van der Waals surface area contributed by atoms with Gasteiger partial charge in [0.2, 0.25) is 0 Å². The van der Waals surface area contributed by atoms with Crippen LogP contribution in [-0.4, -0.2) is 29.6 Å².